The first-order valence-corrected chi connectivity index (χ1v) is 32.7. The Labute approximate surface area is 493 Å². The van der Waals surface area contributed by atoms with Crippen molar-refractivity contribution in [1.82, 2.24) is 59.3 Å². The van der Waals surface area contributed by atoms with E-state index in [1.165, 1.54) is 34.4 Å². The van der Waals surface area contributed by atoms with Crippen LogP contribution < -0.4 is 27.0 Å². The lowest BCUT2D eigenvalue weighted by Crippen LogP contribution is -2.37. The van der Waals surface area contributed by atoms with Crippen molar-refractivity contribution in [3.8, 4) is 22.5 Å². The third-order valence-corrected chi connectivity index (χ3v) is 19.9. The minimum atomic E-state index is -4.57. The highest BCUT2D eigenvalue weighted by molar-refractivity contribution is 8.54. The zero-order valence-electron chi connectivity index (χ0n) is 46.2. The second kappa shape index (κ2) is 24.6. The highest BCUT2D eigenvalue weighted by Gasteiger charge is 2.55. The molecule has 8 aromatic rings. The molecule has 86 heavy (non-hydrogen) atoms. The molecule has 3 fully saturated rings. The molecule has 10 atom stereocenters. The van der Waals surface area contributed by atoms with Crippen LogP contribution in [0.4, 0.5) is 31.8 Å². The number of para-hydroxylation sites is 1. The van der Waals surface area contributed by atoms with E-state index in [0.717, 1.165) is 41.3 Å². The van der Waals surface area contributed by atoms with E-state index in [2.05, 4.69) is 50.8 Å². The van der Waals surface area contributed by atoms with Crippen molar-refractivity contribution in [2.45, 2.75) is 107 Å². The van der Waals surface area contributed by atoms with E-state index in [4.69, 9.17) is 39.0 Å². The Hall–Kier alpha value is -7.60. The molecule has 3 saturated heterocycles. The number of hydrogen-bond donors (Lipinski definition) is 4. The van der Waals surface area contributed by atoms with Crippen molar-refractivity contribution < 1.29 is 59.9 Å². The molecule has 4 aliphatic rings. The van der Waals surface area contributed by atoms with Crippen LogP contribution in [-0.2, 0) is 69.9 Å². The minimum absolute atomic E-state index is 0.00569. The van der Waals surface area contributed by atoms with Crippen LogP contribution in [0.25, 0.3) is 44.8 Å². The number of fused-ring (bicyclic) bond motifs is 9. The Kier molecular flexibility index (Phi) is 16.8. The number of nitrogen functional groups attached to an aromatic ring is 2. The van der Waals surface area contributed by atoms with E-state index >= 15 is 13.3 Å². The van der Waals surface area contributed by atoms with Crippen LogP contribution in [-0.4, -0.2) is 136 Å². The van der Waals surface area contributed by atoms with Gasteiger partial charge in [0.2, 0.25) is 17.7 Å². The van der Waals surface area contributed by atoms with Crippen LogP contribution in [0.2, 0.25) is 0 Å². The Morgan fingerprint density at radius 1 is 0.756 bits per heavy atom. The predicted molar refractivity (Wildman–Crippen MR) is 313 cm³/mol. The molecule has 3 amide bonds. The molecule has 12 rings (SSSR count). The van der Waals surface area contributed by atoms with Gasteiger partial charge in [0, 0.05) is 42.0 Å². The summed E-state index contributed by atoms with van der Waals surface area (Å²) in [6, 6.07) is 22.2. The molecule has 0 saturated carbocycles. The zero-order chi connectivity index (χ0) is 59.9. The number of nitrogens with one attached hydrogen (secondary N) is 2. The maximum atomic E-state index is 17.0. The second-order valence-electron chi connectivity index (χ2n) is 20.8. The molecule has 27 nitrogen and oxygen atoms in total. The van der Waals surface area contributed by atoms with E-state index in [9.17, 15) is 18.9 Å². The first kappa shape index (κ1) is 58.8. The van der Waals surface area contributed by atoms with Gasteiger partial charge in [-0.1, -0.05) is 73.2 Å². The van der Waals surface area contributed by atoms with E-state index in [0.29, 0.717) is 61.4 Å². The van der Waals surface area contributed by atoms with Crippen LogP contribution >= 0.6 is 25.7 Å². The van der Waals surface area contributed by atoms with E-state index in [-0.39, 0.29) is 64.5 Å². The molecule has 3 aromatic carbocycles. The molecule has 0 radical (unpaired) electrons. The number of halogens is 2. The van der Waals surface area contributed by atoms with Gasteiger partial charge >= 0.3 is 6.80 Å². The SMILES string of the molecule is B[P@]1(=O)OC[C@H]2O[C@@H](n3cnc4c(N)ncnc43)[C@H](F)[C@@H]2OP(=O)(SCc2ccc(NC(=O)CNC(=O)CCCCCn3nnc4c3-c3ccccc3N(C(=O)CC)Cc3ccccc3-4)cc2)OC[C@H]2O[C@@H](n3cnc4c(N)ncnc43)[C@H](F)[C@@H]2O1. The standard InChI is InChI=1S/C53H57BF2N16O11P2S/c1-2-39(75)69-21-30-10-5-6-11-32(30)42-45(33-12-7-8-13-34(33)69)72(68-67-42)19-9-3-4-14-37(73)59-20-38(74)66-31-17-15-29(16-18-31)24-86-85(77)79-23-36-46(40(55)52(81-36)70-27-64-43-48(57)60-25-62-50(43)70)82-84(54,76)78-22-35-47(83-85)41(56)53(80-35)71-28-65-44-49(58)61-26-63-51(44)71/h5-8,10-13,15-18,25-28,35-36,40-41,46-47,52-53H,2-4,9,14,19-24,54H2,1H3,(H,59,73)(H,66,74)(H2,57,60,62)(H2,58,61,63)/t35-,36-,40-,41-,46-,47-,52-,53-,84+,85?/m1/s1. The van der Waals surface area contributed by atoms with Crippen LogP contribution in [0.3, 0.4) is 0 Å². The number of nitrogens with two attached hydrogens (primary N) is 2. The number of unbranched alkanes of at least 4 members (excludes halogenated alkanes) is 2. The van der Waals surface area contributed by atoms with Crippen molar-refractivity contribution in [3.63, 3.8) is 0 Å². The van der Waals surface area contributed by atoms with Crippen molar-refractivity contribution in [3.05, 3.63) is 109 Å². The highest BCUT2D eigenvalue weighted by atomic mass is 32.7. The number of nitrogens with zero attached hydrogens (tertiary/aromatic N) is 12. The molecule has 33 heteroatoms. The van der Waals surface area contributed by atoms with Gasteiger partial charge in [0.15, 0.2) is 47.7 Å². The second-order valence-corrected chi connectivity index (χ2v) is 26.8. The summed E-state index contributed by atoms with van der Waals surface area (Å²) in [5.41, 5.74) is 18.6. The lowest BCUT2D eigenvalue weighted by molar-refractivity contribution is -0.124. The summed E-state index contributed by atoms with van der Waals surface area (Å²) < 4.78 is 103. The number of alkyl halides is 2. The third-order valence-electron chi connectivity index (χ3n) is 15.0. The maximum Gasteiger partial charge on any atom is 0.389 e. The Bertz CT molecular complexity index is 3960. The Morgan fingerprint density at radius 2 is 1.38 bits per heavy atom. The number of benzene rings is 3. The smallest absolute Gasteiger partial charge is 0.382 e. The Balaban J connectivity index is 0.675. The molecule has 0 aliphatic carbocycles. The fraction of sp³-hybridized carbons (Fsp3) is 0.377. The maximum absolute atomic E-state index is 17.0. The fourth-order valence-electron chi connectivity index (χ4n) is 10.8. The summed E-state index contributed by atoms with van der Waals surface area (Å²) in [5.74, 6) is -0.781. The van der Waals surface area contributed by atoms with Crippen molar-refractivity contribution in [2.24, 2.45) is 0 Å². The molecule has 0 spiro atoms. The van der Waals surface area contributed by atoms with Crippen molar-refractivity contribution in [2.75, 3.05) is 41.4 Å². The van der Waals surface area contributed by atoms with E-state index < -0.39 is 82.6 Å². The first-order chi connectivity index (χ1) is 41.5. The van der Waals surface area contributed by atoms with Gasteiger partial charge in [-0.15, -0.1) is 5.10 Å². The number of aromatic nitrogens is 11. The quantitative estimate of drug-likeness (QED) is 0.0490. The molecule has 448 valence electrons. The Morgan fingerprint density at radius 3 is 2.06 bits per heavy atom. The van der Waals surface area contributed by atoms with Crippen LogP contribution in [0.1, 0.15) is 62.6 Å². The highest BCUT2D eigenvalue weighted by Crippen LogP contribution is 2.65. The summed E-state index contributed by atoms with van der Waals surface area (Å²) in [5, 5.41) is 14.6. The minimum Gasteiger partial charge on any atom is -0.382 e. The molecule has 0 bridgehead atoms. The lowest BCUT2D eigenvalue weighted by Gasteiger charge is -2.30. The zero-order valence-corrected chi connectivity index (χ0v) is 48.8. The number of rotatable bonds is 15. The fourth-order valence-corrected chi connectivity index (χ4v) is 15.3. The predicted octanol–water partition coefficient (Wildman–Crippen LogP) is 6.40. The van der Waals surface area contributed by atoms with Gasteiger partial charge < -0.3 is 45.5 Å². The van der Waals surface area contributed by atoms with Crippen LogP contribution in [0.15, 0.2) is 98.1 Å². The summed E-state index contributed by atoms with van der Waals surface area (Å²) in [7, 11) is -3.12. The molecule has 4 aliphatic heterocycles. The number of anilines is 4. The molecular weight excluding hydrogens is 1180 g/mol. The number of imidazole rings is 2. The largest absolute Gasteiger partial charge is 0.389 e. The lowest BCUT2D eigenvalue weighted by atomic mass is 9.95. The number of carbonyl (C=O) groups is 3. The van der Waals surface area contributed by atoms with Gasteiger partial charge in [0.25, 0.3) is 15.0 Å². The van der Waals surface area contributed by atoms with Crippen LogP contribution in [0, 0.1) is 0 Å². The normalized spacial score (nSPS) is 25.6. The summed E-state index contributed by atoms with van der Waals surface area (Å²) >= 11 is 0.685. The molecule has 5 aromatic heterocycles. The summed E-state index contributed by atoms with van der Waals surface area (Å²) in [4.78, 5) is 65.8. The van der Waals surface area contributed by atoms with Gasteiger partial charge in [-0.3, -0.25) is 37.1 Å². The number of hydrogen-bond acceptors (Lipinski definition) is 22. The van der Waals surface area contributed by atoms with Gasteiger partial charge in [-0.05, 0) is 53.5 Å². The average Bonchev–Trinajstić information content (AvgIpc) is 1.92. The van der Waals surface area contributed by atoms with Crippen molar-refractivity contribution >= 4 is 96.3 Å². The number of carbonyl (C=O) groups excluding carboxylic acids is 3. The van der Waals surface area contributed by atoms with Gasteiger partial charge in [-0.2, -0.15) is 0 Å². The summed E-state index contributed by atoms with van der Waals surface area (Å²) in [6.45, 7) is -3.41. The summed E-state index contributed by atoms with van der Waals surface area (Å²) in [6.07, 6.45) is -6.06. The monoisotopic (exact) mass is 1240 g/mol. The molecule has 1 unspecified atom stereocenters. The van der Waals surface area contributed by atoms with E-state index in [1.54, 1.807) is 24.3 Å². The average molecular weight is 1240 g/mol. The van der Waals surface area contributed by atoms with Crippen LogP contribution in [0.5, 0.6) is 0 Å². The molecular formula is C53H57BF2N16O11P2S. The molecule has 9 heterocycles. The molecule has 6 N–H and O–H groups in total. The van der Waals surface area contributed by atoms with Gasteiger partial charge in [0.1, 0.15) is 53.8 Å². The topological polar surface area (TPSA) is 338 Å². The number of aryl methyl sites for hydroxylation is 1. The van der Waals surface area contributed by atoms with Gasteiger partial charge in [-0.25, -0.2) is 47.9 Å². The number of amides is 3. The number of ether oxygens (including phenoxy) is 2. The first-order valence-electron chi connectivity index (χ1n) is 27.6. The third kappa shape index (κ3) is 12.0. The van der Waals surface area contributed by atoms with Gasteiger partial charge in [0.05, 0.1) is 50.3 Å². The van der Waals surface area contributed by atoms with E-state index in [1.807, 2.05) is 65.0 Å². The van der Waals surface area contributed by atoms with Crippen molar-refractivity contribution in [1.29, 1.82) is 0 Å².